The molecule has 1 aliphatic heterocycles. The van der Waals surface area contributed by atoms with Gasteiger partial charge in [-0.05, 0) is 70.2 Å². The third-order valence-corrected chi connectivity index (χ3v) is 6.05. The van der Waals surface area contributed by atoms with Crippen molar-refractivity contribution in [1.82, 2.24) is 19.7 Å². The van der Waals surface area contributed by atoms with Crippen LogP contribution in [-0.4, -0.2) is 26.5 Å². The lowest BCUT2D eigenvalue weighted by atomic mass is 9.84. The molecule has 6 heteroatoms. The van der Waals surface area contributed by atoms with Gasteiger partial charge in [0.05, 0.1) is 5.69 Å². The summed E-state index contributed by atoms with van der Waals surface area (Å²) < 4.78 is 7.65. The maximum atomic E-state index is 12.9. The number of furan rings is 1. The zero-order chi connectivity index (χ0) is 21.0. The highest BCUT2D eigenvalue weighted by molar-refractivity contribution is 5.84. The largest absolute Gasteiger partial charge is 0.453 e. The van der Waals surface area contributed by atoms with E-state index < -0.39 is 0 Å². The predicted octanol–water partition coefficient (Wildman–Crippen LogP) is 4.36. The van der Waals surface area contributed by atoms with Crippen molar-refractivity contribution in [2.75, 3.05) is 0 Å². The van der Waals surface area contributed by atoms with Gasteiger partial charge in [0.2, 0.25) is 0 Å². The van der Waals surface area contributed by atoms with Crippen LogP contribution >= 0.6 is 0 Å². The average Bonchev–Trinajstić information content (AvgIpc) is 3.11. The van der Waals surface area contributed by atoms with Crippen molar-refractivity contribution in [3.8, 4) is 11.5 Å². The molecule has 1 fully saturated rings. The van der Waals surface area contributed by atoms with E-state index in [1.165, 1.54) is 5.56 Å². The summed E-state index contributed by atoms with van der Waals surface area (Å²) in [6, 6.07) is 10.5. The summed E-state index contributed by atoms with van der Waals surface area (Å²) in [5.74, 6) is 1.03. The number of piperidine rings is 1. The second kappa shape index (κ2) is 7.06. The smallest absolute Gasteiger partial charge is 0.258 e. The molecule has 0 spiro atoms. The molecule has 0 bridgehead atoms. The van der Waals surface area contributed by atoms with E-state index in [1.54, 1.807) is 10.5 Å². The van der Waals surface area contributed by atoms with Crippen LogP contribution in [0.3, 0.4) is 0 Å². The van der Waals surface area contributed by atoms with Crippen molar-refractivity contribution >= 4 is 16.6 Å². The molecular formula is C24H26N4O2. The molecule has 1 N–H and O–H groups in total. The Balaban J connectivity index is 1.56. The van der Waals surface area contributed by atoms with Crippen molar-refractivity contribution in [3.63, 3.8) is 0 Å². The molecule has 4 aromatic rings. The number of aromatic nitrogens is 3. The molecule has 0 aliphatic carbocycles. The van der Waals surface area contributed by atoms with Crippen molar-refractivity contribution < 1.29 is 4.42 Å². The van der Waals surface area contributed by atoms with Gasteiger partial charge in [-0.3, -0.25) is 14.2 Å². The molecule has 5 rings (SSSR count). The highest BCUT2D eigenvalue weighted by Crippen LogP contribution is 2.31. The molecule has 30 heavy (non-hydrogen) atoms. The van der Waals surface area contributed by atoms with E-state index in [0.717, 1.165) is 35.2 Å². The van der Waals surface area contributed by atoms with Gasteiger partial charge in [-0.25, -0.2) is 4.98 Å². The fourth-order valence-corrected chi connectivity index (χ4v) is 4.82. The molecule has 1 aliphatic rings. The normalized spacial score (nSPS) is 22.1. The first-order valence-electron chi connectivity index (χ1n) is 10.5. The van der Waals surface area contributed by atoms with E-state index >= 15 is 0 Å². The Morgan fingerprint density at radius 2 is 1.83 bits per heavy atom. The fraction of sp³-hybridized carbons (Fsp3) is 0.375. The standard InChI is InChI=1S/C24H26N4O2/c1-13-7-18(8-14(2)25-13)17-5-6-22-27-20(11-23(29)28(22)12-17)21-10-19-9-15(3)26-16(4)24(19)30-21/h5-6,9-14,18,25H,7-8H2,1-4H3/t13-,14+,18?. The number of aryl methyl sites for hydroxylation is 2. The Morgan fingerprint density at radius 1 is 1.07 bits per heavy atom. The summed E-state index contributed by atoms with van der Waals surface area (Å²) >= 11 is 0. The van der Waals surface area contributed by atoms with Gasteiger partial charge in [0.25, 0.3) is 5.56 Å². The van der Waals surface area contributed by atoms with E-state index in [-0.39, 0.29) is 5.56 Å². The molecule has 4 aromatic heterocycles. The van der Waals surface area contributed by atoms with Crippen LogP contribution in [-0.2, 0) is 0 Å². The highest BCUT2D eigenvalue weighted by atomic mass is 16.3. The van der Waals surface area contributed by atoms with Gasteiger partial charge < -0.3 is 9.73 Å². The topological polar surface area (TPSA) is 72.4 Å². The molecule has 6 nitrogen and oxygen atoms in total. The van der Waals surface area contributed by atoms with Crippen LogP contribution in [0.2, 0.25) is 0 Å². The Bertz CT molecular complexity index is 1310. The maximum absolute atomic E-state index is 12.9. The summed E-state index contributed by atoms with van der Waals surface area (Å²) in [5, 5.41) is 4.55. The number of fused-ring (bicyclic) bond motifs is 2. The molecule has 1 unspecified atom stereocenters. The summed E-state index contributed by atoms with van der Waals surface area (Å²) in [6.07, 6.45) is 4.10. The lowest BCUT2D eigenvalue weighted by Gasteiger charge is -2.33. The van der Waals surface area contributed by atoms with Crippen LogP contribution in [0.5, 0.6) is 0 Å². The summed E-state index contributed by atoms with van der Waals surface area (Å²) in [4.78, 5) is 22.1. The quantitative estimate of drug-likeness (QED) is 0.539. The molecule has 3 atom stereocenters. The number of nitrogens with zero attached hydrogens (tertiary/aromatic N) is 3. The Kier molecular flexibility index (Phi) is 4.47. The molecule has 0 radical (unpaired) electrons. The summed E-state index contributed by atoms with van der Waals surface area (Å²) in [6.45, 7) is 8.32. The van der Waals surface area contributed by atoms with Gasteiger partial charge in [0, 0.05) is 35.4 Å². The van der Waals surface area contributed by atoms with Gasteiger partial charge in [-0.15, -0.1) is 0 Å². The Hall–Kier alpha value is -2.99. The number of nitrogens with one attached hydrogen (secondary N) is 1. The summed E-state index contributed by atoms with van der Waals surface area (Å²) in [7, 11) is 0. The Labute approximate surface area is 175 Å². The third-order valence-electron chi connectivity index (χ3n) is 6.05. The number of hydrogen-bond donors (Lipinski definition) is 1. The summed E-state index contributed by atoms with van der Waals surface area (Å²) in [5.41, 5.74) is 4.78. The van der Waals surface area contributed by atoms with E-state index in [9.17, 15) is 4.79 Å². The van der Waals surface area contributed by atoms with Crippen molar-refractivity contribution in [3.05, 3.63) is 63.8 Å². The highest BCUT2D eigenvalue weighted by Gasteiger charge is 2.25. The average molecular weight is 402 g/mol. The van der Waals surface area contributed by atoms with Crippen molar-refractivity contribution in [1.29, 1.82) is 0 Å². The van der Waals surface area contributed by atoms with Crippen LogP contribution in [0, 0.1) is 13.8 Å². The van der Waals surface area contributed by atoms with Crippen LogP contribution in [0.25, 0.3) is 28.1 Å². The predicted molar refractivity (Wildman–Crippen MR) is 118 cm³/mol. The molecule has 1 saturated heterocycles. The minimum Gasteiger partial charge on any atom is -0.453 e. The first-order chi connectivity index (χ1) is 14.4. The fourth-order valence-electron chi connectivity index (χ4n) is 4.82. The van der Waals surface area contributed by atoms with E-state index in [2.05, 4.69) is 30.2 Å². The lowest BCUT2D eigenvalue weighted by Crippen LogP contribution is -2.41. The molecule has 0 saturated carbocycles. The second-order valence-electron chi connectivity index (χ2n) is 8.69. The molecule has 0 amide bonds. The molecule has 5 heterocycles. The zero-order valence-electron chi connectivity index (χ0n) is 17.8. The maximum Gasteiger partial charge on any atom is 0.258 e. The first-order valence-corrected chi connectivity index (χ1v) is 10.5. The van der Waals surface area contributed by atoms with Crippen LogP contribution in [0.15, 0.2) is 45.7 Å². The van der Waals surface area contributed by atoms with Crippen LogP contribution < -0.4 is 10.9 Å². The first kappa shape index (κ1) is 19.0. The Morgan fingerprint density at radius 3 is 2.60 bits per heavy atom. The van der Waals surface area contributed by atoms with Gasteiger partial charge in [0.1, 0.15) is 11.3 Å². The molecule has 0 aromatic carbocycles. The number of pyridine rings is 2. The van der Waals surface area contributed by atoms with E-state index in [4.69, 9.17) is 9.40 Å². The number of hydrogen-bond acceptors (Lipinski definition) is 5. The zero-order valence-corrected chi connectivity index (χ0v) is 17.8. The SMILES string of the molecule is Cc1cc2cc(-c3cc(=O)n4cc(C5C[C@@H](C)N[C@@H](C)C5)ccc4n3)oc2c(C)n1. The number of rotatable bonds is 2. The van der Waals surface area contributed by atoms with Crippen LogP contribution in [0.4, 0.5) is 0 Å². The van der Waals surface area contributed by atoms with E-state index in [1.807, 2.05) is 38.2 Å². The van der Waals surface area contributed by atoms with Gasteiger partial charge in [-0.1, -0.05) is 6.07 Å². The molecule has 154 valence electrons. The van der Waals surface area contributed by atoms with Crippen molar-refractivity contribution in [2.24, 2.45) is 0 Å². The third kappa shape index (κ3) is 3.31. The second-order valence-corrected chi connectivity index (χ2v) is 8.69. The van der Waals surface area contributed by atoms with Gasteiger partial charge >= 0.3 is 0 Å². The minimum atomic E-state index is -0.0987. The molecular weight excluding hydrogens is 376 g/mol. The van der Waals surface area contributed by atoms with Crippen LogP contribution in [0.1, 0.15) is 49.6 Å². The van der Waals surface area contributed by atoms with Crippen molar-refractivity contribution in [2.45, 2.75) is 58.5 Å². The minimum absolute atomic E-state index is 0.0987. The van der Waals surface area contributed by atoms with E-state index in [0.29, 0.717) is 35.1 Å². The van der Waals surface area contributed by atoms with Gasteiger partial charge in [0.15, 0.2) is 11.3 Å². The monoisotopic (exact) mass is 402 g/mol. The van der Waals surface area contributed by atoms with Gasteiger partial charge in [-0.2, -0.15) is 0 Å². The lowest BCUT2D eigenvalue weighted by molar-refractivity contribution is 0.316.